The number of sulfonamides is 1. The number of alkyl carbamates (subject to hydrolysis) is 1. The molecule has 2 amide bonds. The van der Waals surface area contributed by atoms with Gasteiger partial charge in [0.05, 0.1) is 30.1 Å². The molecule has 1 aromatic heterocycles. The van der Waals surface area contributed by atoms with Crippen LogP contribution in [0.15, 0.2) is 84.0 Å². The van der Waals surface area contributed by atoms with Crippen molar-refractivity contribution in [2.24, 2.45) is 0 Å². The number of rotatable bonds is 11. The van der Waals surface area contributed by atoms with E-state index >= 15 is 4.39 Å². The first-order valence-electron chi connectivity index (χ1n) is 15.8. The van der Waals surface area contributed by atoms with Crippen LogP contribution in [0.3, 0.4) is 0 Å². The molecule has 4 atom stereocenters. The summed E-state index contributed by atoms with van der Waals surface area (Å²) in [7, 11) is -2.97. The average molecular weight is 748 g/mol. The number of benzene rings is 3. The molecule has 1 fully saturated rings. The van der Waals surface area contributed by atoms with Crippen molar-refractivity contribution in [3.63, 3.8) is 0 Å². The molecule has 1 saturated heterocycles. The van der Waals surface area contributed by atoms with Gasteiger partial charge in [0.1, 0.15) is 29.3 Å². The molecule has 4 aromatic rings. The highest BCUT2D eigenvalue weighted by atomic mass is 35.5. The maximum absolute atomic E-state index is 15.5. The molecule has 270 valence electrons. The molecule has 0 bridgehead atoms. The molecule has 3 N–H and O–H groups in total. The van der Waals surface area contributed by atoms with Crippen molar-refractivity contribution < 1.29 is 40.3 Å². The Morgan fingerprint density at radius 2 is 1.69 bits per heavy atom. The van der Waals surface area contributed by atoms with Crippen LogP contribution in [0, 0.1) is 23.3 Å². The van der Waals surface area contributed by atoms with Crippen molar-refractivity contribution in [1.82, 2.24) is 19.9 Å². The summed E-state index contributed by atoms with van der Waals surface area (Å²) in [5.41, 5.74) is 0.0216. The number of ether oxygens (including phenoxy) is 1. The lowest BCUT2D eigenvalue weighted by atomic mass is 9.84. The summed E-state index contributed by atoms with van der Waals surface area (Å²) in [6, 6.07) is 10.5. The van der Waals surface area contributed by atoms with Crippen LogP contribution in [-0.2, 0) is 26.0 Å². The van der Waals surface area contributed by atoms with Gasteiger partial charge < -0.3 is 20.7 Å². The number of pyridine rings is 1. The van der Waals surface area contributed by atoms with E-state index in [1.807, 2.05) is 0 Å². The van der Waals surface area contributed by atoms with Gasteiger partial charge in [-0.05, 0) is 73.4 Å². The molecule has 0 unspecified atom stereocenters. The normalized spacial score (nSPS) is 17.7. The van der Waals surface area contributed by atoms with Crippen LogP contribution in [0.25, 0.3) is 0 Å². The van der Waals surface area contributed by atoms with E-state index in [1.54, 1.807) is 13.0 Å². The average Bonchev–Trinajstić information content (AvgIpc) is 3.08. The second-order valence-corrected chi connectivity index (χ2v) is 14.3. The predicted molar refractivity (Wildman–Crippen MR) is 182 cm³/mol. The Balaban J connectivity index is 1.47. The van der Waals surface area contributed by atoms with E-state index in [9.17, 15) is 31.2 Å². The Morgan fingerprint density at radius 1 is 0.980 bits per heavy atom. The third kappa shape index (κ3) is 8.84. The van der Waals surface area contributed by atoms with Crippen molar-refractivity contribution in [2.45, 2.75) is 48.7 Å². The van der Waals surface area contributed by atoms with E-state index in [0.29, 0.717) is 12.6 Å². The molecule has 0 spiro atoms. The number of methoxy groups -OCH3 is 1. The lowest BCUT2D eigenvalue weighted by molar-refractivity contribution is -0.118. The lowest BCUT2D eigenvalue weighted by Gasteiger charge is -2.40. The lowest BCUT2D eigenvalue weighted by Crippen LogP contribution is -2.58. The van der Waals surface area contributed by atoms with Gasteiger partial charge in [0.15, 0.2) is 0 Å². The minimum Gasteiger partial charge on any atom is -0.453 e. The zero-order chi connectivity index (χ0) is 36.9. The Morgan fingerprint density at radius 3 is 2.35 bits per heavy atom. The van der Waals surface area contributed by atoms with E-state index in [2.05, 4.69) is 20.9 Å². The summed E-state index contributed by atoms with van der Waals surface area (Å²) in [5, 5.41) is 8.41. The van der Waals surface area contributed by atoms with Gasteiger partial charge in [0, 0.05) is 47.7 Å². The van der Waals surface area contributed by atoms with Crippen molar-refractivity contribution in [1.29, 1.82) is 0 Å². The summed E-state index contributed by atoms with van der Waals surface area (Å²) in [6.45, 7) is 2.38. The number of piperazine rings is 1. The van der Waals surface area contributed by atoms with Gasteiger partial charge in [-0.2, -0.15) is 4.31 Å². The monoisotopic (exact) mass is 747 g/mol. The van der Waals surface area contributed by atoms with Gasteiger partial charge in [-0.25, -0.2) is 30.8 Å². The van der Waals surface area contributed by atoms with Crippen molar-refractivity contribution >= 4 is 39.3 Å². The van der Waals surface area contributed by atoms with E-state index in [0.717, 1.165) is 37.6 Å². The number of anilines is 1. The fourth-order valence-electron chi connectivity index (χ4n) is 6.24. The molecule has 51 heavy (non-hydrogen) atoms. The molecule has 0 aliphatic carbocycles. The molecule has 1 aliphatic rings. The molecular weight excluding hydrogens is 714 g/mol. The molecule has 2 heterocycles. The fourth-order valence-corrected chi connectivity index (χ4v) is 8.39. The third-order valence-electron chi connectivity index (χ3n) is 8.52. The first-order chi connectivity index (χ1) is 24.3. The van der Waals surface area contributed by atoms with Crippen LogP contribution < -0.4 is 16.0 Å². The number of hydrogen-bond acceptors (Lipinski definition) is 7. The highest BCUT2D eigenvalue weighted by molar-refractivity contribution is 7.89. The summed E-state index contributed by atoms with van der Waals surface area (Å²) in [5.74, 6) is -5.60. The van der Waals surface area contributed by atoms with E-state index in [4.69, 9.17) is 16.3 Å². The number of halogens is 5. The maximum atomic E-state index is 15.5. The van der Waals surface area contributed by atoms with Crippen LogP contribution in [0.2, 0.25) is 5.02 Å². The largest absolute Gasteiger partial charge is 0.453 e. The smallest absolute Gasteiger partial charge is 0.407 e. The number of carbonyl (C=O) groups excluding carboxylic acids is 2. The zero-order valence-electron chi connectivity index (χ0n) is 27.4. The number of nitrogens with zero attached hydrogens (tertiary/aromatic N) is 2. The van der Waals surface area contributed by atoms with Gasteiger partial charge in [-0.3, -0.25) is 9.78 Å². The predicted octanol–water partition coefficient (Wildman–Crippen LogP) is 5.77. The van der Waals surface area contributed by atoms with Crippen LogP contribution in [-0.4, -0.2) is 68.0 Å². The number of carbonyl (C=O) groups is 2. The van der Waals surface area contributed by atoms with Crippen molar-refractivity contribution in [3.05, 3.63) is 124 Å². The SMILES string of the molecule is COC(=O)N[C@H](C(=O)Nc1cncc(F)c1CC[C@H]1CNC[C@H](C)N1S(=O)(=O)c1cccc(Cl)c1)[C@@H](c1ccc(F)cc1)c1cc(F)cc(F)c1. The Hall–Kier alpha value is -4.57. The van der Waals surface area contributed by atoms with E-state index < -0.39 is 69.3 Å². The zero-order valence-corrected chi connectivity index (χ0v) is 28.9. The van der Waals surface area contributed by atoms with Gasteiger partial charge in [-0.1, -0.05) is 29.8 Å². The second-order valence-electron chi connectivity index (χ2n) is 12.0. The van der Waals surface area contributed by atoms with E-state index in [-0.39, 0.29) is 51.7 Å². The molecule has 10 nitrogen and oxygen atoms in total. The van der Waals surface area contributed by atoms with Crippen LogP contribution >= 0.6 is 11.6 Å². The number of hydrogen-bond donors (Lipinski definition) is 3. The number of nitrogens with one attached hydrogen (secondary N) is 3. The highest BCUT2D eigenvalue weighted by Gasteiger charge is 2.38. The molecule has 0 saturated carbocycles. The van der Waals surface area contributed by atoms with E-state index in [1.165, 1.54) is 40.8 Å². The molecule has 16 heteroatoms. The standard InChI is InChI=1S/C35H34ClF4N5O5S/c1-20-16-41-17-27(45(20)51(48,49)28-5-3-4-23(36)14-28)10-11-29-30(40)18-42-19-31(29)43-34(46)33(44-35(47)50-2)32(21-6-8-24(37)9-7-21)22-12-25(38)15-26(39)13-22/h3-9,12-15,18-20,27,32-33,41H,10-11,16-17H2,1-2H3,(H,43,46)(H,44,47)/t20-,27-,32-,33-/m0/s1. The van der Waals surface area contributed by atoms with Crippen LogP contribution in [0.5, 0.6) is 0 Å². The van der Waals surface area contributed by atoms with Crippen LogP contribution in [0.1, 0.15) is 36.0 Å². The van der Waals surface area contributed by atoms with Crippen molar-refractivity contribution in [2.75, 3.05) is 25.5 Å². The minimum atomic E-state index is -4.02. The summed E-state index contributed by atoms with van der Waals surface area (Å²) in [4.78, 5) is 30.5. The van der Waals surface area contributed by atoms with Gasteiger partial charge in [-0.15, -0.1) is 0 Å². The first-order valence-corrected chi connectivity index (χ1v) is 17.6. The summed E-state index contributed by atoms with van der Waals surface area (Å²) < 4.78 is 92.0. The van der Waals surface area contributed by atoms with Crippen LogP contribution in [0.4, 0.5) is 28.0 Å². The number of amides is 2. The second kappa shape index (κ2) is 16.2. The minimum absolute atomic E-state index is 0.00910. The maximum Gasteiger partial charge on any atom is 0.407 e. The molecule has 1 aliphatic heterocycles. The molecular formula is C35H34ClF4N5O5S. The topological polar surface area (TPSA) is 130 Å². The van der Waals surface area contributed by atoms with Gasteiger partial charge in [0.25, 0.3) is 0 Å². The summed E-state index contributed by atoms with van der Waals surface area (Å²) in [6.07, 6.45) is 1.11. The quantitative estimate of drug-likeness (QED) is 0.166. The fraction of sp³-hybridized carbons (Fsp3) is 0.286. The third-order valence-corrected chi connectivity index (χ3v) is 10.8. The number of aromatic nitrogens is 1. The van der Waals surface area contributed by atoms with Crippen molar-refractivity contribution in [3.8, 4) is 0 Å². The molecule has 5 rings (SSSR count). The van der Waals surface area contributed by atoms with Gasteiger partial charge >= 0.3 is 6.09 Å². The first kappa shape index (κ1) is 37.7. The van der Waals surface area contributed by atoms with Gasteiger partial charge in [0.2, 0.25) is 15.9 Å². The highest BCUT2D eigenvalue weighted by Crippen LogP contribution is 2.32. The Bertz CT molecular complexity index is 1990. The summed E-state index contributed by atoms with van der Waals surface area (Å²) >= 11 is 6.09. The molecule has 3 aromatic carbocycles. The Kier molecular flexibility index (Phi) is 12.0. The Labute approximate surface area is 297 Å². The molecule has 0 radical (unpaired) electrons.